The number of benzene rings is 3. The summed E-state index contributed by atoms with van der Waals surface area (Å²) in [5, 5.41) is 3.08. The maximum Gasteiger partial charge on any atom is 0.0202 e. The van der Waals surface area contributed by atoms with E-state index < -0.39 is 0 Å². The van der Waals surface area contributed by atoms with E-state index in [0.717, 1.165) is 12.1 Å². The Hall–Kier alpha value is -2.29. The number of rotatable bonds is 8. The molecule has 146 valence electrons. The summed E-state index contributed by atoms with van der Waals surface area (Å²) in [5.41, 5.74) is 6.24. The van der Waals surface area contributed by atoms with Crippen molar-refractivity contribution >= 4 is 17.3 Å². The Kier molecular flexibility index (Phi) is 10.2. The number of nitrogens with one attached hydrogen (secondary N) is 1. The van der Waals surface area contributed by atoms with Crippen LogP contribution in [0.5, 0.6) is 0 Å². The first kappa shape index (κ1) is 22.0. The molecular formula is C26H31NS. The fourth-order valence-corrected chi connectivity index (χ4v) is 3.33. The lowest BCUT2D eigenvalue weighted by Gasteiger charge is -2.07. The van der Waals surface area contributed by atoms with Crippen LogP contribution >= 0.6 is 11.8 Å². The Bertz CT molecular complexity index is 795. The van der Waals surface area contributed by atoms with Gasteiger partial charge in [-0.05, 0) is 59.7 Å². The Morgan fingerprint density at radius 3 is 1.93 bits per heavy atom. The molecule has 3 rings (SSSR count). The van der Waals surface area contributed by atoms with Crippen LogP contribution in [0.25, 0.3) is 5.57 Å². The van der Waals surface area contributed by atoms with Crippen molar-refractivity contribution in [3.05, 3.63) is 114 Å². The number of hydrogen-bond donors (Lipinski definition) is 1. The molecular weight excluding hydrogens is 358 g/mol. The van der Waals surface area contributed by atoms with Crippen molar-refractivity contribution in [2.75, 3.05) is 19.1 Å². The first-order valence-electron chi connectivity index (χ1n) is 9.75. The predicted molar refractivity (Wildman–Crippen MR) is 127 cm³/mol. The highest BCUT2D eigenvalue weighted by Gasteiger charge is 2.01. The van der Waals surface area contributed by atoms with E-state index in [1.165, 1.54) is 40.8 Å². The molecule has 2 heteroatoms. The van der Waals surface area contributed by atoms with Gasteiger partial charge in [0.05, 0.1) is 0 Å². The van der Waals surface area contributed by atoms with Crippen LogP contribution < -0.4 is 5.32 Å². The molecule has 1 nitrogen and oxygen atoms in total. The van der Waals surface area contributed by atoms with Crippen LogP contribution in [-0.2, 0) is 13.0 Å². The first-order chi connectivity index (χ1) is 13.7. The monoisotopic (exact) mass is 389 g/mol. The molecule has 0 bridgehead atoms. The van der Waals surface area contributed by atoms with Gasteiger partial charge in [0.15, 0.2) is 0 Å². The van der Waals surface area contributed by atoms with E-state index in [1.807, 2.05) is 43.1 Å². The van der Waals surface area contributed by atoms with Crippen LogP contribution in [0.4, 0.5) is 0 Å². The zero-order valence-electron chi connectivity index (χ0n) is 17.0. The zero-order valence-corrected chi connectivity index (χ0v) is 17.8. The molecule has 0 unspecified atom stereocenters. The minimum absolute atomic E-state index is 0.959. The molecule has 0 saturated carbocycles. The van der Waals surface area contributed by atoms with Gasteiger partial charge >= 0.3 is 0 Å². The molecule has 0 spiro atoms. The minimum Gasteiger partial charge on any atom is -0.316 e. The zero-order chi connectivity index (χ0) is 20.0. The molecule has 1 N–H and O–H groups in total. The molecule has 0 fully saturated rings. The van der Waals surface area contributed by atoms with Crippen LogP contribution in [0.15, 0.2) is 91.5 Å². The van der Waals surface area contributed by atoms with Crippen LogP contribution in [0.2, 0.25) is 0 Å². The molecule has 0 aliphatic carbocycles. The van der Waals surface area contributed by atoms with Gasteiger partial charge in [-0.2, -0.15) is 11.8 Å². The molecule has 0 radical (unpaired) electrons. The standard InChI is InChI=1S/C18H20S.C8H11N/c1-15(17-8-4-3-5-9-17)18-12-10-16(11-13-18)7-6-14-19-2;1-9-7-8-5-3-2-4-6-8/h3-5,8-13H,1,6-7,14H2,2H3;2-6,9H,7H2,1H3. The molecule has 0 aliphatic rings. The van der Waals surface area contributed by atoms with Gasteiger partial charge in [-0.15, -0.1) is 0 Å². The van der Waals surface area contributed by atoms with E-state index in [1.54, 1.807) is 0 Å². The highest BCUT2D eigenvalue weighted by atomic mass is 32.2. The first-order valence-corrected chi connectivity index (χ1v) is 11.1. The molecule has 3 aromatic rings. The molecule has 0 aromatic heterocycles. The summed E-state index contributed by atoms with van der Waals surface area (Å²) in [7, 11) is 1.95. The van der Waals surface area contributed by atoms with Gasteiger partial charge in [0.2, 0.25) is 0 Å². The summed E-state index contributed by atoms with van der Waals surface area (Å²) in [4.78, 5) is 0. The van der Waals surface area contributed by atoms with E-state index in [4.69, 9.17) is 0 Å². The number of aryl methyl sites for hydroxylation is 1. The quantitative estimate of drug-likeness (QED) is 0.444. The summed E-state index contributed by atoms with van der Waals surface area (Å²) in [6.45, 7) is 5.16. The third-order valence-corrected chi connectivity index (χ3v) is 5.16. The van der Waals surface area contributed by atoms with E-state index in [0.29, 0.717) is 0 Å². The van der Waals surface area contributed by atoms with Crippen molar-refractivity contribution in [3.8, 4) is 0 Å². The summed E-state index contributed by atoms with van der Waals surface area (Å²) < 4.78 is 0. The van der Waals surface area contributed by atoms with E-state index in [2.05, 4.69) is 78.8 Å². The second-order valence-corrected chi connectivity index (χ2v) is 7.64. The summed E-state index contributed by atoms with van der Waals surface area (Å²) in [6, 6.07) is 29.5. The molecule has 0 heterocycles. The van der Waals surface area contributed by atoms with Crippen molar-refractivity contribution in [1.82, 2.24) is 5.32 Å². The molecule has 0 amide bonds. The van der Waals surface area contributed by atoms with Crippen LogP contribution in [0, 0.1) is 0 Å². The maximum absolute atomic E-state index is 4.20. The second-order valence-electron chi connectivity index (χ2n) is 6.65. The lowest BCUT2D eigenvalue weighted by atomic mass is 9.98. The van der Waals surface area contributed by atoms with Crippen molar-refractivity contribution in [2.24, 2.45) is 0 Å². The van der Waals surface area contributed by atoms with Gasteiger partial charge < -0.3 is 5.32 Å². The van der Waals surface area contributed by atoms with E-state index in [-0.39, 0.29) is 0 Å². The summed E-state index contributed by atoms with van der Waals surface area (Å²) in [6.07, 6.45) is 4.58. The normalized spacial score (nSPS) is 10.1. The van der Waals surface area contributed by atoms with Gasteiger partial charge in [0.25, 0.3) is 0 Å². The van der Waals surface area contributed by atoms with Crippen LogP contribution in [-0.4, -0.2) is 19.1 Å². The van der Waals surface area contributed by atoms with Gasteiger partial charge in [-0.3, -0.25) is 0 Å². The van der Waals surface area contributed by atoms with Crippen LogP contribution in [0.1, 0.15) is 28.7 Å². The lowest BCUT2D eigenvalue weighted by molar-refractivity contribution is 0.818. The van der Waals surface area contributed by atoms with Crippen molar-refractivity contribution in [2.45, 2.75) is 19.4 Å². The van der Waals surface area contributed by atoms with Crippen molar-refractivity contribution in [1.29, 1.82) is 0 Å². The third-order valence-electron chi connectivity index (χ3n) is 4.46. The highest BCUT2D eigenvalue weighted by Crippen LogP contribution is 2.21. The van der Waals surface area contributed by atoms with Crippen LogP contribution in [0.3, 0.4) is 0 Å². The Labute approximate surface area is 174 Å². The van der Waals surface area contributed by atoms with Gasteiger partial charge in [0.1, 0.15) is 0 Å². The lowest BCUT2D eigenvalue weighted by Crippen LogP contribution is -2.04. The minimum atomic E-state index is 0.959. The topological polar surface area (TPSA) is 12.0 Å². The molecule has 0 atom stereocenters. The largest absolute Gasteiger partial charge is 0.316 e. The smallest absolute Gasteiger partial charge is 0.0202 e. The van der Waals surface area contributed by atoms with Gasteiger partial charge in [-0.1, -0.05) is 91.5 Å². The Balaban J connectivity index is 0.000000261. The highest BCUT2D eigenvalue weighted by molar-refractivity contribution is 7.98. The van der Waals surface area contributed by atoms with Gasteiger partial charge in [-0.25, -0.2) is 0 Å². The SMILES string of the molecule is C=C(c1ccccc1)c1ccc(CCCSC)cc1.CNCc1ccccc1. The van der Waals surface area contributed by atoms with E-state index >= 15 is 0 Å². The summed E-state index contributed by atoms with van der Waals surface area (Å²) in [5.74, 6) is 1.23. The summed E-state index contributed by atoms with van der Waals surface area (Å²) >= 11 is 1.91. The Morgan fingerprint density at radius 2 is 1.36 bits per heavy atom. The predicted octanol–water partition coefficient (Wildman–Crippen LogP) is 6.45. The Morgan fingerprint density at radius 1 is 0.786 bits per heavy atom. The van der Waals surface area contributed by atoms with E-state index in [9.17, 15) is 0 Å². The maximum atomic E-state index is 4.20. The fourth-order valence-electron chi connectivity index (χ4n) is 2.90. The fraction of sp³-hybridized carbons (Fsp3) is 0.231. The molecule has 0 saturated heterocycles. The molecule has 3 aromatic carbocycles. The number of hydrogen-bond acceptors (Lipinski definition) is 2. The number of thioether (sulfide) groups is 1. The van der Waals surface area contributed by atoms with Gasteiger partial charge in [0, 0.05) is 6.54 Å². The molecule has 28 heavy (non-hydrogen) atoms. The average Bonchev–Trinajstić information content (AvgIpc) is 2.76. The third kappa shape index (κ3) is 7.75. The van der Waals surface area contributed by atoms with Crippen molar-refractivity contribution in [3.63, 3.8) is 0 Å². The molecule has 0 aliphatic heterocycles. The van der Waals surface area contributed by atoms with Crippen molar-refractivity contribution < 1.29 is 0 Å². The average molecular weight is 390 g/mol. The second kappa shape index (κ2) is 13.0.